The first-order chi connectivity index (χ1) is 13.1. The number of hydrogen-bond donors (Lipinski definition) is 2. The first-order valence-electron chi connectivity index (χ1n) is 10.1. The van der Waals surface area contributed by atoms with Crippen molar-refractivity contribution < 1.29 is 18.5 Å². The first kappa shape index (κ1) is 29.4. The second kappa shape index (κ2) is 11.3. The Kier molecular flexibility index (Phi) is 11.1. The average molecular weight is 561 g/mol. The molecule has 0 aliphatic carbocycles. The largest absolute Gasteiger partial charge is 0.444 e. The van der Waals surface area contributed by atoms with Crippen LogP contribution in [0, 0.1) is 0 Å². The van der Waals surface area contributed by atoms with E-state index in [1.165, 1.54) is 0 Å². The van der Waals surface area contributed by atoms with E-state index >= 15 is 0 Å². The normalized spacial score (nSPS) is 22.9. The highest BCUT2D eigenvalue weighted by Crippen LogP contribution is 2.33. The number of carbonyl (C=O) groups is 1. The van der Waals surface area contributed by atoms with Crippen LogP contribution in [-0.4, -0.2) is 75.3 Å². The van der Waals surface area contributed by atoms with Gasteiger partial charge in [-0.05, 0) is 62.3 Å². The number of guanidine groups is 1. The molecule has 3 atom stereocenters. The number of rotatable bonds is 5. The molecule has 0 aromatic carbocycles. The predicted octanol–water partition coefficient (Wildman–Crippen LogP) is 3.08. The van der Waals surface area contributed by atoms with Crippen LogP contribution in [0.15, 0.2) is 4.99 Å². The van der Waals surface area contributed by atoms with Gasteiger partial charge in [0.1, 0.15) is 11.3 Å². The molecule has 0 spiro atoms. The van der Waals surface area contributed by atoms with Crippen LogP contribution in [0.2, 0.25) is 0 Å². The van der Waals surface area contributed by atoms with Crippen molar-refractivity contribution in [3.05, 3.63) is 0 Å². The first-order valence-corrected chi connectivity index (χ1v) is 11.4. The van der Waals surface area contributed by atoms with Gasteiger partial charge >= 0.3 is 6.09 Å². The molecule has 0 radical (unpaired) electrons. The lowest BCUT2D eigenvalue weighted by atomic mass is 10.1. The highest BCUT2D eigenvalue weighted by atomic mass is 127. The predicted molar refractivity (Wildman–Crippen MR) is 134 cm³/mol. The molecule has 0 aromatic rings. The Morgan fingerprint density at radius 2 is 1.77 bits per heavy atom. The quantitative estimate of drug-likeness (QED) is 0.305. The Labute approximate surface area is 201 Å². The van der Waals surface area contributed by atoms with Crippen molar-refractivity contribution in [1.82, 2.24) is 15.5 Å². The summed E-state index contributed by atoms with van der Waals surface area (Å²) in [5.74, 6) is 1.13. The van der Waals surface area contributed by atoms with E-state index in [0.29, 0.717) is 24.8 Å². The van der Waals surface area contributed by atoms with Gasteiger partial charge in [-0.15, -0.1) is 24.0 Å². The van der Waals surface area contributed by atoms with Crippen molar-refractivity contribution in [1.29, 1.82) is 0 Å². The van der Waals surface area contributed by atoms with Gasteiger partial charge in [0.25, 0.3) is 0 Å². The fraction of sp³-hybridized carbons (Fsp3) is 0.900. The lowest BCUT2D eigenvalue weighted by molar-refractivity contribution is -0.0755. The van der Waals surface area contributed by atoms with Crippen molar-refractivity contribution in [3.63, 3.8) is 0 Å². The fourth-order valence-electron chi connectivity index (χ4n) is 3.11. The molecule has 178 valence electrons. The number of nitrogens with one attached hydrogen (secondary N) is 2. The monoisotopic (exact) mass is 560 g/mol. The molecule has 1 saturated heterocycles. The lowest BCUT2D eigenvalue weighted by Crippen LogP contribution is -2.54. The molecule has 1 fully saturated rings. The molecular formula is C20H41IN4O4S. The van der Waals surface area contributed by atoms with Crippen LogP contribution < -0.4 is 10.6 Å². The van der Waals surface area contributed by atoms with Crippen molar-refractivity contribution in [2.45, 2.75) is 90.5 Å². The van der Waals surface area contributed by atoms with Crippen LogP contribution in [0.1, 0.15) is 62.3 Å². The summed E-state index contributed by atoms with van der Waals surface area (Å²) in [5, 5.41) is 6.43. The van der Waals surface area contributed by atoms with Gasteiger partial charge in [-0.1, -0.05) is 0 Å². The summed E-state index contributed by atoms with van der Waals surface area (Å²) in [6, 6.07) is -0.220. The highest BCUT2D eigenvalue weighted by Gasteiger charge is 2.49. The molecule has 2 N–H and O–H groups in total. The van der Waals surface area contributed by atoms with Crippen LogP contribution in [0.5, 0.6) is 0 Å². The molecule has 3 unspecified atom stereocenters. The smallest absolute Gasteiger partial charge is 0.412 e. The lowest BCUT2D eigenvalue weighted by Gasteiger charge is -2.35. The van der Waals surface area contributed by atoms with Gasteiger partial charge in [0.15, 0.2) is 5.96 Å². The molecule has 0 bridgehead atoms. The van der Waals surface area contributed by atoms with Crippen LogP contribution in [0.25, 0.3) is 0 Å². The summed E-state index contributed by atoms with van der Waals surface area (Å²) in [5.41, 5.74) is -1.36. The molecule has 1 aliphatic heterocycles. The third kappa shape index (κ3) is 8.86. The van der Waals surface area contributed by atoms with Crippen molar-refractivity contribution in [2.24, 2.45) is 4.99 Å². The zero-order chi connectivity index (χ0) is 22.6. The summed E-state index contributed by atoms with van der Waals surface area (Å²) in [7, 11) is 0.747. The minimum atomic E-state index is -0.934. The number of ether oxygens (including phenoxy) is 2. The maximum absolute atomic E-state index is 12.8. The van der Waals surface area contributed by atoms with E-state index in [1.54, 1.807) is 11.9 Å². The van der Waals surface area contributed by atoms with Crippen LogP contribution in [0.3, 0.4) is 0 Å². The third-order valence-electron chi connectivity index (χ3n) is 4.48. The van der Waals surface area contributed by atoms with Gasteiger partial charge in [-0.3, -0.25) is 14.1 Å². The molecule has 30 heavy (non-hydrogen) atoms. The highest BCUT2D eigenvalue weighted by molar-refractivity contribution is 14.0. The summed E-state index contributed by atoms with van der Waals surface area (Å²) in [6.45, 7) is 18.1. The van der Waals surface area contributed by atoms with Gasteiger partial charge in [0.2, 0.25) is 0 Å². The zero-order valence-electron chi connectivity index (χ0n) is 20.1. The number of nitrogens with zero attached hydrogens (tertiary/aromatic N) is 2. The van der Waals surface area contributed by atoms with E-state index in [0.717, 1.165) is 0 Å². The Hall–Kier alpha value is -0.620. The molecule has 8 nitrogen and oxygen atoms in total. The van der Waals surface area contributed by atoms with Crippen molar-refractivity contribution >= 4 is 46.8 Å². The van der Waals surface area contributed by atoms with Gasteiger partial charge in [-0.25, -0.2) is 4.79 Å². The molecule has 1 aliphatic rings. The van der Waals surface area contributed by atoms with Gasteiger partial charge in [0, 0.05) is 41.4 Å². The Morgan fingerprint density at radius 3 is 2.23 bits per heavy atom. The zero-order valence-corrected chi connectivity index (χ0v) is 23.3. The fourth-order valence-corrected chi connectivity index (χ4v) is 4.01. The second-order valence-electron chi connectivity index (χ2n) is 9.73. The maximum Gasteiger partial charge on any atom is 0.412 e. The summed E-state index contributed by atoms with van der Waals surface area (Å²) >= 11 is 0. The van der Waals surface area contributed by atoms with E-state index in [9.17, 15) is 9.00 Å². The van der Waals surface area contributed by atoms with E-state index in [1.807, 2.05) is 62.3 Å². The minimum Gasteiger partial charge on any atom is -0.444 e. The van der Waals surface area contributed by atoms with E-state index in [4.69, 9.17) is 9.47 Å². The van der Waals surface area contributed by atoms with Crippen LogP contribution in [0.4, 0.5) is 4.79 Å². The van der Waals surface area contributed by atoms with E-state index in [2.05, 4.69) is 15.6 Å². The minimum absolute atomic E-state index is 0. The SMILES string of the molecule is CN=C(NCCS(=O)C(C)(C)C)NCC1C(C)OC(C)(C)N1C(=O)OC(C)(C)C.I. The van der Waals surface area contributed by atoms with E-state index in [-0.39, 0.29) is 40.9 Å². The topological polar surface area (TPSA) is 92.3 Å². The number of amides is 1. The molecule has 1 heterocycles. The molecule has 0 aromatic heterocycles. The van der Waals surface area contributed by atoms with Crippen molar-refractivity contribution in [2.75, 3.05) is 25.9 Å². The van der Waals surface area contributed by atoms with Gasteiger partial charge < -0.3 is 20.1 Å². The average Bonchev–Trinajstić information content (AvgIpc) is 2.76. The Balaban J connectivity index is 0.00000841. The molecule has 0 saturated carbocycles. The van der Waals surface area contributed by atoms with Crippen molar-refractivity contribution in [3.8, 4) is 0 Å². The summed E-state index contributed by atoms with van der Waals surface area (Å²) in [6.07, 6.45) is -0.571. The molecular weight excluding hydrogens is 519 g/mol. The number of aliphatic imine (C=N–C) groups is 1. The van der Waals surface area contributed by atoms with Crippen LogP contribution in [-0.2, 0) is 20.3 Å². The third-order valence-corrected chi connectivity index (χ3v) is 6.42. The summed E-state index contributed by atoms with van der Waals surface area (Å²) < 4.78 is 23.5. The number of carbonyl (C=O) groups excluding carboxylic acids is 1. The molecule has 10 heteroatoms. The Morgan fingerprint density at radius 1 is 1.20 bits per heavy atom. The second-order valence-corrected chi connectivity index (χ2v) is 12.1. The van der Waals surface area contributed by atoms with Gasteiger partial charge in [0.05, 0.1) is 12.1 Å². The van der Waals surface area contributed by atoms with E-state index < -0.39 is 28.2 Å². The van der Waals surface area contributed by atoms with Gasteiger partial charge in [-0.2, -0.15) is 0 Å². The van der Waals surface area contributed by atoms with Crippen LogP contribution >= 0.6 is 24.0 Å². The Bertz CT molecular complexity index is 629. The maximum atomic E-state index is 12.8. The molecule has 1 rings (SSSR count). The molecule has 1 amide bonds. The standard InChI is InChI=1S/C20H40N4O4S.HI/c1-14-15(24(20(8,9)27-14)17(25)28-18(2,3)4)13-23-16(21-10)22-11-12-29(26)19(5,6)7;/h14-15H,11-13H2,1-10H3,(H2,21,22,23);1H. The number of halogens is 1. The summed E-state index contributed by atoms with van der Waals surface area (Å²) in [4.78, 5) is 18.7. The number of hydrogen-bond acceptors (Lipinski definition) is 5.